The van der Waals surface area contributed by atoms with Gasteiger partial charge in [0.1, 0.15) is 0 Å². The van der Waals surface area contributed by atoms with Crippen LogP contribution in [0.1, 0.15) is 12.8 Å². The summed E-state index contributed by atoms with van der Waals surface area (Å²) in [6.45, 7) is 1.75. The number of carbonyl (C=O) groups is 1. The summed E-state index contributed by atoms with van der Waals surface area (Å²) in [7, 11) is 0. The van der Waals surface area contributed by atoms with E-state index in [-0.39, 0.29) is 18.6 Å². The Bertz CT molecular complexity index is 836. The molecule has 0 atom stereocenters. The minimum Gasteiger partial charge on any atom is -0.454 e. The van der Waals surface area contributed by atoms with Crippen molar-refractivity contribution in [2.24, 2.45) is 5.92 Å². The average molecular weight is 383 g/mol. The zero-order chi connectivity index (χ0) is 18.6. The molecule has 0 unspecified atom stereocenters. The van der Waals surface area contributed by atoms with Crippen LogP contribution in [0.5, 0.6) is 11.5 Å². The van der Waals surface area contributed by atoms with Gasteiger partial charge in [0.15, 0.2) is 16.6 Å². The summed E-state index contributed by atoms with van der Waals surface area (Å²) < 4.78 is 10.6. The predicted octanol–water partition coefficient (Wildman–Crippen LogP) is 3.46. The zero-order valence-corrected chi connectivity index (χ0v) is 15.6. The molecule has 1 saturated heterocycles. The van der Waals surface area contributed by atoms with Crippen molar-refractivity contribution >= 4 is 34.6 Å². The van der Waals surface area contributed by atoms with Crippen LogP contribution in [0.2, 0.25) is 0 Å². The summed E-state index contributed by atoms with van der Waals surface area (Å²) in [5.41, 5.74) is 1.71. The second kappa shape index (κ2) is 7.84. The van der Waals surface area contributed by atoms with Crippen molar-refractivity contribution < 1.29 is 14.3 Å². The Morgan fingerprint density at radius 2 is 1.70 bits per heavy atom. The fraction of sp³-hybridized carbons (Fsp3) is 0.300. The minimum atomic E-state index is -0.0220. The number of fused-ring (bicyclic) bond motifs is 1. The van der Waals surface area contributed by atoms with E-state index in [0.29, 0.717) is 16.6 Å². The van der Waals surface area contributed by atoms with Gasteiger partial charge in [-0.25, -0.2) is 0 Å². The molecular formula is C20H21N3O3S. The third-order valence-corrected chi connectivity index (χ3v) is 5.18. The summed E-state index contributed by atoms with van der Waals surface area (Å²) >= 11 is 5.50. The third-order valence-electron chi connectivity index (χ3n) is 4.82. The van der Waals surface area contributed by atoms with Gasteiger partial charge in [0.05, 0.1) is 0 Å². The molecule has 140 valence electrons. The van der Waals surface area contributed by atoms with Gasteiger partial charge < -0.3 is 25.0 Å². The van der Waals surface area contributed by atoms with Gasteiger partial charge in [0, 0.05) is 36.4 Å². The monoisotopic (exact) mass is 383 g/mol. The number of anilines is 2. The number of benzene rings is 2. The summed E-state index contributed by atoms with van der Waals surface area (Å²) in [6.07, 6.45) is 1.54. The van der Waals surface area contributed by atoms with Crippen LogP contribution in [0.25, 0.3) is 0 Å². The van der Waals surface area contributed by atoms with Gasteiger partial charge in [-0.3, -0.25) is 4.79 Å². The number of amides is 1. The maximum atomic E-state index is 12.6. The lowest BCUT2D eigenvalue weighted by Crippen LogP contribution is -2.43. The largest absolute Gasteiger partial charge is 0.454 e. The second-order valence-electron chi connectivity index (χ2n) is 6.61. The molecule has 2 aromatic rings. The summed E-state index contributed by atoms with van der Waals surface area (Å²) in [5, 5.41) is 6.94. The molecule has 2 N–H and O–H groups in total. The molecule has 0 saturated carbocycles. The Hall–Kier alpha value is -2.80. The lowest BCUT2D eigenvalue weighted by atomic mass is 9.96. The third kappa shape index (κ3) is 4.14. The first-order valence-corrected chi connectivity index (χ1v) is 9.41. The SMILES string of the molecule is O=C(Nc1ccc2c(c1)OCO2)C1CCN(C(=S)Nc2ccccc2)CC1. The molecule has 0 aromatic heterocycles. The minimum absolute atomic E-state index is 0.0220. The molecule has 2 aliphatic heterocycles. The Kier molecular flexibility index (Phi) is 5.11. The molecule has 27 heavy (non-hydrogen) atoms. The second-order valence-corrected chi connectivity index (χ2v) is 7.00. The van der Waals surface area contributed by atoms with E-state index in [1.54, 1.807) is 6.07 Å². The van der Waals surface area contributed by atoms with E-state index in [2.05, 4.69) is 15.5 Å². The number of hydrogen-bond acceptors (Lipinski definition) is 4. The van der Waals surface area contributed by atoms with Gasteiger partial charge in [-0.05, 0) is 49.3 Å². The number of nitrogens with zero attached hydrogens (tertiary/aromatic N) is 1. The number of hydrogen-bond donors (Lipinski definition) is 2. The summed E-state index contributed by atoms with van der Waals surface area (Å²) in [6, 6.07) is 15.3. The van der Waals surface area contributed by atoms with Crippen LogP contribution in [-0.4, -0.2) is 35.8 Å². The molecule has 1 fully saturated rings. The number of thiocarbonyl (C=S) groups is 1. The standard InChI is InChI=1S/C20H21N3O3S/c24-19(21-16-6-7-17-18(12-16)26-13-25-17)14-8-10-23(11-9-14)20(27)22-15-4-2-1-3-5-15/h1-7,12,14H,8-11,13H2,(H,21,24)(H,22,27). The van der Waals surface area contributed by atoms with E-state index in [0.717, 1.165) is 37.3 Å². The zero-order valence-electron chi connectivity index (χ0n) is 14.8. The average Bonchev–Trinajstić information content (AvgIpc) is 3.16. The highest BCUT2D eigenvalue weighted by Gasteiger charge is 2.26. The number of piperidine rings is 1. The molecule has 4 rings (SSSR count). The van der Waals surface area contributed by atoms with E-state index in [9.17, 15) is 4.79 Å². The fourth-order valence-electron chi connectivity index (χ4n) is 3.29. The van der Waals surface area contributed by atoms with Crippen LogP contribution < -0.4 is 20.1 Å². The highest BCUT2D eigenvalue weighted by Crippen LogP contribution is 2.34. The van der Waals surface area contributed by atoms with Gasteiger partial charge in [-0.15, -0.1) is 0 Å². The molecule has 2 aromatic carbocycles. The lowest BCUT2D eigenvalue weighted by molar-refractivity contribution is -0.120. The van der Waals surface area contributed by atoms with Crippen LogP contribution in [-0.2, 0) is 4.79 Å². The first-order valence-electron chi connectivity index (χ1n) is 9.00. The number of carbonyl (C=O) groups excluding carboxylic acids is 1. The maximum Gasteiger partial charge on any atom is 0.231 e. The van der Waals surface area contributed by atoms with Crippen molar-refractivity contribution in [1.82, 2.24) is 4.90 Å². The molecule has 0 bridgehead atoms. The Labute approximate surface area is 163 Å². The van der Waals surface area contributed by atoms with E-state index in [1.807, 2.05) is 42.5 Å². The number of ether oxygens (including phenoxy) is 2. The summed E-state index contributed by atoms with van der Waals surface area (Å²) in [5.74, 6) is 1.39. The number of rotatable bonds is 3. The normalized spacial score (nSPS) is 16.1. The van der Waals surface area contributed by atoms with Gasteiger partial charge in [0.2, 0.25) is 12.7 Å². The molecule has 0 aliphatic carbocycles. The van der Waals surface area contributed by atoms with Crippen molar-refractivity contribution in [2.75, 3.05) is 30.5 Å². The maximum absolute atomic E-state index is 12.6. The molecule has 0 radical (unpaired) electrons. The highest BCUT2D eigenvalue weighted by molar-refractivity contribution is 7.80. The molecule has 2 heterocycles. The first kappa shape index (κ1) is 17.6. The molecule has 2 aliphatic rings. The van der Waals surface area contributed by atoms with Gasteiger partial charge >= 0.3 is 0 Å². The fourth-order valence-corrected chi connectivity index (χ4v) is 3.59. The number of nitrogens with one attached hydrogen (secondary N) is 2. The lowest BCUT2D eigenvalue weighted by Gasteiger charge is -2.33. The van der Waals surface area contributed by atoms with Crippen molar-refractivity contribution in [2.45, 2.75) is 12.8 Å². The van der Waals surface area contributed by atoms with E-state index in [1.165, 1.54) is 0 Å². The Morgan fingerprint density at radius 1 is 0.963 bits per heavy atom. The van der Waals surface area contributed by atoms with Crippen molar-refractivity contribution in [1.29, 1.82) is 0 Å². The van der Waals surface area contributed by atoms with Crippen molar-refractivity contribution in [3.8, 4) is 11.5 Å². The smallest absolute Gasteiger partial charge is 0.231 e. The highest BCUT2D eigenvalue weighted by atomic mass is 32.1. The van der Waals surface area contributed by atoms with Gasteiger partial charge in [-0.1, -0.05) is 18.2 Å². The van der Waals surface area contributed by atoms with E-state index < -0.39 is 0 Å². The van der Waals surface area contributed by atoms with Crippen LogP contribution in [0.4, 0.5) is 11.4 Å². The van der Waals surface area contributed by atoms with Crippen LogP contribution in [0.3, 0.4) is 0 Å². The molecule has 7 heteroatoms. The quantitative estimate of drug-likeness (QED) is 0.792. The van der Waals surface area contributed by atoms with Crippen LogP contribution >= 0.6 is 12.2 Å². The van der Waals surface area contributed by atoms with E-state index >= 15 is 0 Å². The van der Waals surface area contributed by atoms with Crippen LogP contribution in [0.15, 0.2) is 48.5 Å². The summed E-state index contributed by atoms with van der Waals surface area (Å²) in [4.78, 5) is 14.7. The molecule has 6 nitrogen and oxygen atoms in total. The van der Waals surface area contributed by atoms with Crippen LogP contribution in [0, 0.1) is 5.92 Å². The molecule has 0 spiro atoms. The van der Waals surface area contributed by atoms with E-state index in [4.69, 9.17) is 21.7 Å². The van der Waals surface area contributed by atoms with Crippen molar-refractivity contribution in [3.63, 3.8) is 0 Å². The Morgan fingerprint density at radius 3 is 2.48 bits per heavy atom. The topological polar surface area (TPSA) is 62.8 Å². The first-order chi connectivity index (χ1) is 13.2. The van der Waals surface area contributed by atoms with Crippen molar-refractivity contribution in [3.05, 3.63) is 48.5 Å². The predicted molar refractivity (Wildman–Crippen MR) is 108 cm³/mol. The van der Waals surface area contributed by atoms with Gasteiger partial charge in [-0.2, -0.15) is 0 Å². The number of likely N-dealkylation sites (tertiary alicyclic amines) is 1. The number of para-hydroxylation sites is 1. The Balaban J connectivity index is 1.28. The molecular weight excluding hydrogens is 362 g/mol. The van der Waals surface area contributed by atoms with Gasteiger partial charge in [0.25, 0.3) is 0 Å². The molecule has 1 amide bonds.